The Kier molecular flexibility index (Phi) is 5.14. The summed E-state index contributed by atoms with van der Waals surface area (Å²) in [5.74, 6) is 4.66. The Hall–Kier alpha value is -3.99. The van der Waals surface area contributed by atoms with Crippen LogP contribution in [0.4, 0.5) is 17.6 Å². The maximum Gasteiger partial charge on any atom is 0.248 e. The molecule has 1 aliphatic carbocycles. The largest absolute Gasteiger partial charge is 0.493 e. The second-order valence-corrected chi connectivity index (χ2v) is 8.83. The number of benzene rings is 1. The van der Waals surface area contributed by atoms with Crippen LogP contribution >= 0.6 is 0 Å². The molecule has 1 aliphatic heterocycles. The lowest BCUT2D eigenvalue weighted by Gasteiger charge is -2.27. The van der Waals surface area contributed by atoms with E-state index >= 15 is 0 Å². The van der Waals surface area contributed by atoms with Crippen molar-refractivity contribution in [2.75, 3.05) is 44.7 Å². The summed E-state index contributed by atoms with van der Waals surface area (Å²) in [6.45, 7) is 1.03. The Morgan fingerprint density at radius 3 is 2.66 bits per heavy atom. The van der Waals surface area contributed by atoms with Gasteiger partial charge >= 0.3 is 0 Å². The molecule has 2 fully saturated rings. The molecule has 0 spiro atoms. The van der Waals surface area contributed by atoms with Gasteiger partial charge in [0, 0.05) is 24.9 Å². The minimum Gasteiger partial charge on any atom is -0.493 e. The van der Waals surface area contributed by atoms with Crippen LogP contribution in [0.15, 0.2) is 43.0 Å². The lowest BCUT2D eigenvalue weighted by molar-refractivity contribution is 0.255. The molecule has 2 N–H and O–H groups in total. The highest BCUT2D eigenvalue weighted by atomic mass is 16.5. The van der Waals surface area contributed by atoms with Crippen molar-refractivity contribution < 1.29 is 19.3 Å². The number of methoxy groups -OCH3 is 3. The number of aliphatic hydroxyl groups is 1. The fraction of sp³-hybridized carbons (Fsp3) is 0.375. The number of nitrogens with zero attached hydrogens (tertiary/aromatic N) is 6. The molecule has 1 saturated carbocycles. The quantitative estimate of drug-likeness (QED) is 0.395. The Morgan fingerprint density at radius 1 is 1.14 bits per heavy atom. The standard InChI is InChI=1S/C24H27N7O4/c1-33-19-8-15(9-20(34-2)22(19)35-3)29-11-21(25-13-29)26-24-27-23(17-5-4-6-31(17)28-24)30-10-14-7-16(14)18(30)12-32/h4-6,8-9,11,13-14,16,18,32H,7,10,12H2,1-3H3,(H,26,28)/t14-,16-,18+/m0/s1. The average Bonchev–Trinajstić information content (AvgIpc) is 3.24. The van der Waals surface area contributed by atoms with E-state index in [1.165, 1.54) is 6.42 Å². The predicted octanol–water partition coefficient (Wildman–Crippen LogP) is 2.50. The van der Waals surface area contributed by atoms with Crippen LogP contribution < -0.4 is 24.4 Å². The summed E-state index contributed by atoms with van der Waals surface area (Å²) in [5.41, 5.74) is 1.71. The van der Waals surface area contributed by atoms with E-state index in [1.54, 1.807) is 32.2 Å². The third-order valence-electron chi connectivity index (χ3n) is 6.90. The van der Waals surface area contributed by atoms with Gasteiger partial charge in [0.25, 0.3) is 0 Å². The highest BCUT2D eigenvalue weighted by Gasteiger charge is 2.52. The summed E-state index contributed by atoms with van der Waals surface area (Å²) in [5, 5.41) is 17.8. The van der Waals surface area contributed by atoms with Crippen molar-refractivity contribution >= 4 is 23.1 Å². The Labute approximate surface area is 201 Å². The van der Waals surface area contributed by atoms with E-state index in [-0.39, 0.29) is 12.6 Å². The minimum atomic E-state index is 0.0979. The predicted molar refractivity (Wildman–Crippen MR) is 129 cm³/mol. The highest BCUT2D eigenvalue weighted by Crippen LogP contribution is 2.51. The summed E-state index contributed by atoms with van der Waals surface area (Å²) in [6, 6.07) is 7.74. The van der Waals surface area contributed by atoms with Crippen LogP contribution in [0.3, 0.4) is 0 Å². The Morgan fingerprint density at radius 2 is 1.94 bits per heavy atom. The summed E-state index contributed by atoms with van der Waals surface area (Å²) in [6.07, 6.45) is 6.61. The van der Waals surface area contributed by atoms with E-state index in [4.69, 9.17) is 19.2 Å². The van der Waals surface area contributed by atoms with Crippen LogP contribution in [0.5, 0.6) is 17.2 Å². The van der Waals surface area contributed by atoms with Gasteiger partial charge in [0.15, 0.2) is 23.1 Å². The number of fused-ring (bicyclic) bond motifs is 2. The van der Waals surface area contributed by atoms with E-state index in [2.05, 4.69) is 20.3 Å². The molecule has 1 saturated heterocycles. The summed E-state index contributed by atoms with van der Waals surface area (Å²) in [4.78, 5) is 11.5. The van der Waals surface area contributed by atoms with Crippen molar-refractivity contribution in [3.8, 4) is 22.9 Å². The van der Waals surface area contributed by atoms with Crippen molar-refractivity contribution in [1.29, 1.82) is 0 Å². The summed E-state index contributed by atoms with van der Waals surface area (Å²) in [7, 11) is 4.74. The first-order valence-corrected chi connectivity index (χ1v) is 11.5. The molecular weight excluding hydrogens is 450 g/mol. The van der Waals surface area contributed by atoms with Crippen molar-refractivity contribution in [2.24, 2.45) is 11.8 Å². The number of hydrogen-bond donors (Lipinski definition) is 2. The van der Waals surface area contributed by atoms with Gasteiger partial charge in [0.05, 0.1) is 45.9 Å². The zero-order valence-corrected chi connectivity index (χ0v) is 19.8. The number of aliphatic hydroxyl groups excluding tert-OH is 1. The van der Waals surface area contributed by atoms with Gasteiger partial charge in [0.1, 0.15) is 11.8 Å². The molecule has 0 bridgehead atoms. The van der Waals surface area contributed by atoms with Crippen LogP contribution in [0.2, 0.25) is 0 Å². The van der Waals surface area contributed by atoms with Crippen LogP contribution in [0.1, 0.15) is 6.42 Å². The maximum absolute atomic E-state index is 9.99. The molecule has 0 unspecified atom stereocenters. The first-order chi connectivity index (χ1) is 17.1. The number of rotatable bonds is 8. The molecule has 182 valence electrons. The number of nitrogens with one attached hydrogen (secondary N) is 1. The Bertz CT molecular complexity index is 1360. The van der Waals surface area contributed by atoms with Gasteiger partial charge < -0.3 is 34.1 Å². The molecule has 0 radical (unpaired) electrons. The normalized spacial score (nSPS) is 20.7. The molecule has 4 heterocycles. The molecule has 11 heteroatoms. The fourth-order valence-corrected chi connectivity index (χ4v) is 5.09. The van der Waals surface area contributed by atoms with E-state index in [0.717, 1.165) is 23.6 Å². The first kappa shape index (κ1) is 21.5. The summed E-state index contributed by atoms with van der Waals surface area (Å²) >= 11 is 0. The monoisotopic (exact) mass is 477 g/mol. The van der Waals surface area contributed by atoms with Crippen molar-refractivity contribution in [3.05, 3.63) is 43.0 Å². The van der Waals surface area contributed by atoms with Gasteiger partial charge in [-0.3, -0.25) is 0 Å². The SMILES string of the molecule is COc1cc(-n2cnc(Nc3nc(N4C[C@@H]5C[C@@H]5[C@H]4CO)c4cccn4n3)c2)cc(OC)c1OC. The van der Waals surface area contributed by atoms with Gasteiger partial charge in [-0.25, -0.2) is 9.50 Å². The molecule has 4 aromatic rings. The van der Waals surface area contributed by atoms with Crippen LogP contribution in [0.25, 0.3) is 11.2 Å². The van der Waals surface area contributed by atoms with Crippen LogP contribution in [-0.4, -0.2) is 69.8 Å². The smallest absolute Gasteiger partial charge is 0.248 e. The zero-order valence-electron chi connectivity index (χ0n) is 19.8. The van der Waals surface area contributed by atoms with E-state index in [0.29, 0.717) is 40.9 Å². The third-order valence-corrected chi connectivity index (χ3v) is 6.90. The topological polar surface area (TPSA) is 111 Å². The van der Waals surface area contributed by atoms with Gasteiger partial charge in [-0.2, -0.15) is 4.98 Å². The third kappa shape index (κ3) is 3.59. The van der Waals surface area contributed by atoms with E-state index in [1.807, 2.05) is 41.2 Å². The Balaban J connectivity index is 1.31. The fourth-order valence-electron chi connectivity index (χ4n) is 5.09. The average molecular weight is 478 g/mol. The maximum atomic E-state index is 9.99. The van der Waals surface area contributed by atoms with Crippen LogP contribution in [-0.2, 0) is 0 Å². The molecule has 0 amide bonds. The van der Waals surface area contributed by atoms with Gasteiger partial charge in [0.2, 0.25) is 11.7 Å². The molecule has 1 aromatic carbocycles. The number of ether oxygens (including phenoxy) is 3. The van der Waals surface area contributed by atoms with E-state index in [9.17, 15) is 5.11 Å². The van der Waals surface area contributed by atoms with Crippen molar-refractivity contribution in [2.45, 2.75) is 12.5 Å². The number of aromatic nitrogens is 5. The molecule has 35 heavy (non-hydrogen) atoms. The summed E-state index contributed by atoms with van der Waals surface area (Å²) < 4.78 is 20.0. The zero-order chi connectivity index (χ0) is 24.1. The second-order valence-electron chi connectivity index (χ2n) is 8.83. The number of imidazole rings is 1. The molecule has 3 atom stereocenters. The van der Waals surface area contributed by atoms with Crippen LogP contribution in [0, 0.1) is 11.8 Å². The molecule has 6 rings (SSSR count). The molecule has 11 nitrogen and oxygen atoms in total. The highest BCUT2D eigenvalue weighted by molar-refractivity contribution is 5.72. The van der Waals surface area contributed by atoms with Crippen molar-refractivity contribution in [1.82, 2.24) is 24.1 Å². The lowest BCUT2D eigenvalue weighted by atomic mass is 10.2. The molecular formula is C24H27N7O4. The lowest BCUT2D eigenvalue weighted by Crippen LogP contribution is -2.37. The minimum absolute atomic E-state index is 0.0979. The first-order valence-electron chi connectivity index (χ1n) is 11.5. The van der Waals surface area contributed by atoms with Crippen molar-refractivity contribution in [3.63, 3.8) is 0 Å². The molecule has 3 aromatic heterocycles. The number of piperidine rings is 1. The van der Waals surface area contributed by atoms with E-state index < -0.39 is 0 Å². The van der Waals surface area contributed by atoms with Gasteiger partial charge in [-0.05, 0) is 30.4 Å². The molecule has 2 aliphatic rings. The number of anilines is 3. The van der Waals surface area contributed by atoms with Gasteiger partial charge in [-0.15, -0.1) is 5.10 Å². The number of hydrogen-bond acceptors (Lipinski definition) is 9. The van der Waals surface area contributed by atoms with Gasteiger partial charge in [-0.1, -0.05) is 0 Å². The second kappa shape index (κ2) is 8.35.